The summed E-state index contributed by atoms with van der Waals surface area (Å²) in [5, 5.41) is 7.43. The molecule has 3 heterocycles. The van der Waals surface area contributed by atoms with E-state index in [0.29, 0.717) is 17.5 Å². The summed E-state index contributed by atoms with van der Waals surface area (Å²) in [4.78, 5) is 6.70. The van der Waals surface area contributed by atoms with Crippen LogP contribution in [0, 0.1) is 13.8 Å². The van der Waals surface area contributed by atoms with Gasteiger partial charge in [-0.25, -0.2) is 0 Å². The number of hydrogen-bond donors (Lipinski definition) is 1. The van der Waals surface area contributed by atoms with E-state index in [2.05, 4.69) is 27.4 Å². The van der Waals surface area contributed by atoms with Gasteiger partial charge in [0.1, 0.15) is 5.76 Å². The highest BCUT2D eigenvalue weighted by Gasteiger charge is 2.26. The maximum absolute atomic E-state index is 5.60. The minimum Gasteiger partial charge on any atom is -0.456 e. The highest BCUT2D eigenvalue weighted by molar-refractivity contribution is 5.85. The molecule has 2 aromatic rings. The average molecular weight is 299 g/mol. The van der Waals surface area contributed by atoms with E-state index >= 15 is 0 Å². The van der Waals surface area contributed by atoms with Crippen LogP contribution >= 0.6 is 12.4 Å². The summed E-state index contributed by atoms with van der Waals surface area (Å²) in [6, 6.07) is 2.12. The van der Waals surface area contributed by atoms with Gasteiger partial charge >= 0.3 is 0 Å². The normalized spacial score (nSPS) is 19.9. The molecular formula is C13H19ClN4O2. The Labute approximate surface area is 123 Å². The molecule has 0 saturated carbocycles. The van der Waals surface area contributed by atoms with Crippen LogP contribution in [0.2, 0.25) is 0 Å². The van der Waals surface area contributed by atoms with Crippen molar-refractivity contribution in [2.24, 2.45) is 0 Å². The van der Waals surface area contributed by atoms with E-state index in [1.54, 1.807) is 0 Å². The first-order chi connectivity index (χ1) is 9.15. The lowest BCUT2D eigenvalue weighted by atomic mass is 10.2. The molecule has 3 rings (SSSR count). The van der Waals surface area contributed by atoms with Crippen molar-refractivity contribution >= 4 is 12.4 Å². The van der Waals surface area contributed by atoms with Gasteiger partial charge in [0, 0.05) is 25.2 Å². The molecule has 0 bridgehead atoms. The molecule has 1 unspecified atom stereocenters. The fraction of sp³-hybridized carbons (Fsp3) is 0.538. The average Bonchev–Trinajstić information content (AvgIpc) is 2.96. The number of halogens is 1. The van der Waals surface area contributed by atoms with E-state index in [0.717, 1.165) is 31.0 Å². The van der Waals surface area contributed by atoms with Gasteiger partial charge < -0.3 is 14.3 Å². The van der Waals surface area contributed by atoms with Gasteiger partial charge in [0.25, 0.3) is 5.89 Å². The standard InChI is InChI=1S/C13H18N4O2.ClH/c1-8-6-9(2)18-11(8)13-15-12(16-19-13)10-7-14-4-5-17(10)3;/h6,10,14H,4-5,7H2,1-3H3;1H. The van der Waals surface area contributed by atoms with Crippen molar-refractivity contribution in [1.82, 2.24) is 20.4 Å². The molecule has 0 aromatic carbocycles. The third-order valence-electron chi connectivity index (χ3n) is 3.49. The van der Waals surface area contributed by atoms with Crippen molar-refractivity contribution in [3.63, 3.8) is 0 Å². The van der Waals surface area contributed by atoms with Gasteiger partial charge in [0.15, 0.2) is 11.6 Å². The van der Waals surface area contributed by atoms with Crippen LogP contribution < -0.4 is 5.32 Å². The monoisotopic (exact) mass is 298 g/mol. The van der Waals surface area contributed by atoms with Crippen molar-refractivity contribution in [1.29, 1.82) is 0 Å². The van der Waals surface area contributed by atoms with E-state index in [-0.39, 0.29) is 18.4 Å². The number of aryl methyl sites for hydroxylation is 2. The number of aromatic nitrogens is 2. The molecular weight excluding hydrogens is 280 g/mol. The molecule has 0 amide bonds. The van der Waals surface area contributed by atoms with Crippen LogP contribution in [0.15, 0.2) is 15.0 Å². The number of furan rings is 1. The lowest BCUT2D eigenvalue weighted by molar-refractivity contribution is 0.190. The second kappa shape index (κ2) is 5.95. The number of hydrogen-bond acceptors (Lipinski definition) is 6. The Morgan fingerprint density at radius 3 is 2.85 bits per heavy atom. The summed E-state index contributed by atoms with van der Waals surface area (Å²) in [6.45, 7) is 6.70. The summed E-state index contributed by atoms with van der Waals surface area (Å²) in [5.41, 5.74) is 1.02. The van der Waals surface area contributed by atoms with Gasteiger partial charge in [0.2, 0.25) is 0 Å². The zero-order valence-electron chi connectivity index (χ0n) is 11.8. The van der Waals surface area contributed by atoms with Crippen LogP contribution in [-0.2, 0) is 0 Å². The Morgan fingerprint density at radius 2 is 2.20 bits per heavy atom. The third kappa shape index (κ3) is 2.72. The second-order valence-electron chi connectivity index (χ2n) is 5.03. The molecule has 1 N–H and O–H groups in total. The van der Waals surface area contributed by atoms with Crippen molar-refractivity contribution in [2.45, 2.75) is 19.9 Å². The van der Waals surface area contributed by atoms with E-state index in [9.17, 15) is 0 Å². The van der Waals surface area contributed by atoms with E-state index in [1.165, 1.54) is 0 Å². The predicted octanol–water partition coefficient (Wildman–Crippen LogP) is 1.94. The SMILES string of the molecule is Cc1cc(C)c(-c2nc(C3CNCCN3C)no2)o1.Cl. The van der Waals surface area contributed by atoms with Gasteiger partial charge in [-0.05, 0) is 27.0 Å². The fourth-order valence-corrected chi connectivity index (χ4v) is 2.41. The number of likely N-dealkylation sites (N-methyl/N-ethyl adjacent to an activating group) is 1. The second-order valence-corrected chi connectivity index (χ2v) is 5.03. The highest BCUT2D eigenvalue weighted by Crippen LogP contribution is 2.27. The largest absolute Gasteiger partial charge is 0.456 e. The third-order valence-corrected chi connectivity index (χ3v) is 3.49. The van der Waals surface area contributed by atoms with Gasteiger partial charge in [-0.1, -0.05) is 5.16 Å². The van der Waals surface area contributed by atoms with Crippen molar-refractivity contribution in [2.75, 3.05) is 26.7 Å². The smallest absolute Gasteiger partial charge is 0.293 e. The first-order valence-corrected chi connectivity index (χ1v) is 6.47. The van der Waals surface area contributed by atoms with Gasteiger partial charge in [-0.15, -0.1) is 12.4 Å². The van der Waals surface area contributed by atoms with Crippen LogP contribution in [0.3, 0.4) is 0 Å². The highest BCUT2D eigenvalue weighted by atomic mass is 35.5. The van der Waals surface area contributed by atoms with E-state index in [1.807, 2.05) is 19.9 Å². The molecule has 1 aliphatic rings. The molecule has 0 spiro atoms. The molecule has 7 heteroatoms. The van der Waals surface area contributed by atoms with Gasteiger partial charge in [-0.2, -0.15) is 4.98 Å². The molecule has 20 heavy (non-hydrogen) atoms. The van der Waals surface area contributed by atoms with Crippen LogP contribution in [0.5, 0.6) is 0 Å². The van der Waals surface area contributed by atoms with Crippen LogP contribution in [0.25, 0.3) is 11.7 Å². The molecule has 2 aromatic heterocycles. The minimum atomic E-state index is 0. The first-order valence-electron chi connectivity index (χ1n) is 6.47. The summed E-state index contributed by atoms with van der Waals surface area (Å²) in [7, 11) is 2.07. The zero-order chi connectivity index (χ0) is 13.4. The molecule has 110 valence electrons. The summed E-state index contributed by atoms with van der Waals surface area (Å²) in [5.74, 6) is 2.68. The lowest BCUT2D eigenvalue weighted by Gasteiger charge is -2.30. The maximum atomic E-state index is 5.60. The number of piperazine rings is 1. The minimum absolute atomic E-state index is 0. The topological polar surface area (TPSA) is 67.3 Å². The van der Waals surface area contributed by atoms with E-state index < -0.39 is 0 Å². The van der Waals surface area contributed by atoms with Crippen molar-refractivity contribution in [3.05, 3.63) is 23.2 Å². The van der Waals surface area contributed by atoms with Crippen LogP contribution in [0.4, 0.5) is 0 Å². The number of nitrogens with zero attached hydrogens (tertiary/aromatic N) is 3. The Hall–Kier alpha value is -1.37. The van der Waals surface area contributed by atoms with Crippen molar-refractivity contribution < 1.29 is 8.94 Å². The quantitative estimate of drug-likeness (QED) is 0.914. The molecule has 6 nitrogen and oxygen atoms in total. The number of rotatable bonds is 2. The molecule has 1 aliphatic heterocycles. The molecule has 1 atom stereocenters. The Balaban J connectivity index is 0.00000147. The first kappa shape index (κ1) is 15.0. The van der Waals surface area contributed by atoms with Crippen LogP contribution in [-0.4, -0.2) is 41.7 Å². The number of nitrogens with one attached hydrogen (secondary N) is 1. The fourth-order valence-electron chi connectivity index (χ4n) is 2.41. The molecule has 1 fully saturated rings. The predicted molar refractivity (Wildman–Crippen MR) is 77.0 cm³/mol. The zero-order valence-corrected chi connectivity index (χ0v) is 12.7. The Kier molecular flexibility index (Phi) is 4.47. The Bertz CT molecular complexity index is 581. The molecule has 0 aliphatic carbocycles. The Morgan fingerprint density at radius 1 is 1.40 bits per heavy atom. The molecule has 1 saturated heterocycles. The maximum Gasteiger partial charge on any atom is 0.293 e. The van der Waals surface area contributed by atoms with Crippen molar-refractivity contribution in [3.8, 4) is 11.7 Å². The summed E-state index contributed by atoms with van der Waals surface area (Å²) >= 11 is 0. The summed E-state index contributed by atoms with van der Waals surface area (Å²) < 4.78 is 10.9. The van der Waals surface area contributed by atoms with Gasteiger partial charge in [0.05, 0.1) is 6.04 Å². The van der Waals surface area contributed by atoms with Crippen LogP contribution in [0.1, 0.15) is 23.2 Å². The lowest BCUT2D eigenvalue weighted by Crippen LogP contribution is -2.44. The molecule has 0 radical (unpaired) electrons. The van der Waals surface area contributed by atoms with Gasteiger partial charge in [-0.3, -0.25) is 4.90 Å². The summed E-state index contributed by atoms with van der Waals surface area (Å²) in [6.07, 6.45) is 0. The van der Waals surface area contributed by atoms with E-state index in [4.69, 9.17) is 8.94 Å².